The molecule has 0 radical (unpaired) electrons. The zero-order valence-corrected chi connectivity index (χ0v) is 24.5. The van der Waals surface area contributed by atoms with Gasteiger partial charge in [-0.15, -0.1) is 0 Å². The van der Waals surface area contributed by atoms with Gasteiger partial charge in [-0.05, 0) is 60.7 Å². The molecule has 212 valence electrons. The number of ketones is 1. The van der Waals surface area contributed by atoms with Crippen LogP contribution < -0.4 is 14.4 Å². The molecule has 8 heteroatoms. The molecule has 0 saturated carbocycles. The molecule has 1 saturated heterocycles. The highest BCUT2D eigenvalue weighted by molar-refractivity contribution is 7.22. The van der Waals surface area contributed by atoms with Crippen molar-refractivity contribution in [1.82, 2.24) is 4.98 Å². The van der Waals surface area contributed by atoms with E-state index in [1.54, 1.807) is 18.2 Å². The Morgan fingerprint density at radius 2 is 1.76 bits per heavy atom. The molecule has 1 amide bonds. The molecule has 5 rings (SSSR count). The Morgan fingerprint density at radius 1 is 1.00 bits per heavy atom. The van der Waals surface area contributed by atoms with Crippen LogP contribution in [-0.4, -0.2) is 35.0 Å². The zero-order valence-electron chi connectivity index (χ0n) is 23.7. The molecule has 0 bridgehead atoms. The summed E-state index contributed by atoms with van der Waals surface area (Å²) in [5.74, 6) is -0.125. The van der Waals surface area contributed by atoms with Crippen LogP contribution in [0.1, 0.15) is 69.2 Å². The van der Waals surface area contributed by atoms with E-state index in [2.05, 4.69) is 20.8 Å². The van der Waals surface area contributed by atoms with E-state index in [1.165, 1.54) is 16.2 Å². The Kier molecular flexibility index (Phi) is 8.40. The smallest absolute Gasteiger partial charge is 0.301 e. The molecule has 7 nitrogen and oxygen atoms in total. The fourth-order valence-corrected chi connectivity index (χ4v) is 5.90. The highest BCUT2D eigenvalue weighted by atomic mass is 32.1. The van der Waals surface area contributed by atoms with Gasteiger partial charge in [0, 0.05) is 5.56 Å². The molecule has 3 aromatic carbocycles. The van der Waals surface area contributed by atoms with E-state index in [-0.39, 0.29) is 11.3 Å². The van der Waals surface area contributed by atoms with Gasteiger partial charge in [-0.25, -0.2) is 4.98 Å². The second kappa shape index (κ2) is 12.1. The summed E-state index contributed by atoms with van der Waals surface area (Å²) in [6.45, 7) is 9.29. The maximum Gasteiger partial charge on any atom is 0.301 e. The topological polar surface area (TPSA) is 89.0 Å². The number of nitrogens with zero attached hydrogens (tertiary/aromatic N) is 2. The van der Waals surface area contributed by atoms with Gasteiger partial charge < -0.3 is 14.6 Å². The third-order valence-corrected chi connectivity index (χ3v) is 8.12. The van der Waals surface area contributed by atoms with Crippen LogP contribution in [-0.2, 0) is 9.59 Å². The third kappa shape index (κ3) is 5.70. The van der Waals surface area contributed by atoms with Crippen molar-refractivity contribution in [2.75, 3.05) is 18.1 Å². The number of benzene rings is 3. The van der Waals surface area contributed by atoms with Gasteiger partial charge >= 0.3 is 5.91 Å². The monoisotopic (exact) mass is 570 g/mol. The average molecular weight is 571 g/mol. The molecule has 1 fully saturated rings. The van der Waals surface area contributed by atoms with Crippen molar-refractivity contribution in [2.45, 2.75) is 52.5 Å². The Bertz CT molecular complexity index is 1610. The number of aromatic nitrogens is 1. The van der Waals surface area contributed by atoms with E-state index in [0.717, 1.165) is 23.1 Å². The molecule has 1 aliphatic heterocycles. The highest BCUT2D eigenvalue weighted by Crippen LogP contribution is 2.45. The number of anilines is 1. The van der Waals surface area contributed by atoms with E-state index in [1.807, 2.05) is 55.5 Å². The van der Waals surface area contributed by atoms with Crippen LogP contribution in [0.4, 0.5) is 5.13 Å². The first kappa shape index (κ1) is 28.4. The number of hydrogen-bond acceptors (Lipinski definition) is 7. The number of aliphatic hydroxyl groups is 1. The van der Waals surface area contributed by atoms with E-state index in [9.17, 15) is 14.7 Å². The maximum absolute atomic E-state index is 13.6. The van der Waals surface area contributed by atoms with Gasteiger partial charge in [-0.3, -0.25) is 14.5 Å². The normalized spacial score (nSPS) is 16.6. The van der Waals surface area contributed by atoms with Gasteiger partial charge in [0.05, 0.1) is 35.0 Å². The molecule has 1 atom stereocenters. The molecular formula is C33H34N2O5S. The van der Waals surface area contributed by atoms with Crippen LogP contribution in [0.5, 0.6) is 11.5 Å². The van der Waals surface area contributed by atoms with Gasteiger partial charge in [0.2, 0.25) is 0 Å². The lowest BCUT2D eigenvalue weighted by atomic mass is 9.93. The average Bonchev–Trinajstić information content (AvgIpc) is 3.50. The molecule has 0 aliphatic carbocycles. The molecule has 0 spiro atoms. The minimum Gasteiger partial charge on any atom is -0.507 e. The molecule has 41 heavy (non-hydrogen) atoms. The lowest BCUT2D eigenvalue weighted by Gasteiger charge is -2.23. The predicted molar refractivity (Wildman–Crippen MR) is 163 cm³/mol. The zero-order chi connectivity index (χ0) is 29.1. The van der Waals surface area contributed by atoms with Gasteiger partial charge in [-0.2, -0.15) is 0 Å². The molecular weight excluding hydrogens is 536 g/mol. The molecule has 1 aromatic heterocycles. The first-order chi connectivity index (χ1) is 19.8. The van der Waals surface area contributed by atoms with Gasteiger partial charge in [0.25, 0.3) is 5.78 Å². The summed E-state index contributed by atoms with van der Waals surface area (Å²) in [6.07, 6.45) is 1.90. The number of Topliss-reactive ketones (excluding diaryl/α,β-unsaturated/α-hetero) is 1. The SMILES string of the molecule is CCCCOc1cccc(C(O)=C2C(=O)C(=O)N(c3nc4ccc(OCC)cc4s3)C2c2ccc(C(C)C)cc2)c1. The van der Waals surface area contributed by atoms with Crippen LogP contribution in [0.2, 0.25) is 0 Å². The number of carbonyl (C=O) groups is 2. The summed E-state index contributed by atoms with van der Waals surface area (Å²) < 4.78 is 12.3. The van der Waals surface area contributed by atoms with Crippen LogP contribution in [0.3, 0.4) is 0 Å². The van der Waals surface area contributed by atoms with Crippen LogP contribution in [0.25, 0.3) is 16.0 Å². The number of hydrogen-bond donors (Lipinski definition) is 1. The van der Waals surface area contributed by atoms with Crippen molar-refractivity contribution in [3.05, 3.63) is 89.0 Å². The van der Waals surface area contributed by atoms with Crippen molar-refractivity contribution < 1.29 is 24.2 Å². The van der Waals surface area contributed by atoms with Crippen molar-refractivity contribution in [3.8, 4) is 11.5 Å². The number of thiazole rings is 1. The summed E-state index contributed by atoms with van der Waals surface area (Å²) in [6, 6.07) is 19.5. The van der Waals surface area contributed by atoms with E-state index >= 15 is 0 Å². The summed E-state index contributed by atoms with van der Waals surface area (Å²) in [5.41, 5.74) is 2.96. The number of carbonyl (C=O) groups excluding carboxylic acids is 2. The molecule has 1 N–H and O–H groups in total. The summed E-state index contributed by atoms with van der Waals surface area (Å²) in [4.78, 5) is 33.4. The van der Waals surface area contributed by atoms with Gasteiger partial charge in [-0.1, -0.05) is 74.9 Å². The van der Waals surface area contributed by atoms with Crippen molar-refractivity contribution >= 4 is 44.1 Å². The minimum atomic E-state index is -0.854. The number of rotatable bonds is 10. The van der Waals surface area contributed by atoms with E-state index in [0.29, 0.717) is 52.4 Å². The predicted octanol–water partition coefficient (Wildman–Crippen LogP) is 7.62. The fourth-order valence-electron chi connectivity index (χ4n) is 4.88. The number of amides is 1. The largest absolute Gasteiger partial charge is 0.507 e. The molecule has 2 heterocycles. The minimum absolute atomic E-state index is 0.0206. The first-order valence-corrected chi connectivity index (χ1v) is 14.8. The molecule has 1 aliphatic rings. The lowest BCUT2D eigenvalue weighted by Crippen LogP contribution is -2.29. The van der Waals surface area contributed by atoms with Crippen molar-refractivity contribution in [2.24, 2.45) is 0 Å². The Morgan fingerprint density at radius 3 is 2.46 bits per heavy atom. The third-order valence-electron chi connectivity index (χ3n) is 7.10. The lowest BCUT2D eigenvalue weighted by molar-refractivity contribution is -0.132. The fraction of sp³-hybridized carbons (Fsp3) is 0.303. The number of ether oxygens (including phenoxy) is 2. The van der Waals surface area contributed by atoms with Crippen LogP contribution >= 0.6 is 11.3 Å². The summed E-state index contributed by atoms with van der Waals surface area (Å²) >= 11 is 1.31. The summed E-state index contributed by atoms with van der Waals surface area (Å²) in [5, 5.41) is 11.9. The molecule has 4 aromatic rings. The van der Waals surface area contributed by atoms with Crippen molar-refractivity contribution in [3.63, 3.8) is 0 Å². The van der Waals surface area contributed by atoms with Gasteiger partial charge in [0.15, 0.2) is 5.13 Å². The Hall–Kier alpha value is -4.17. The first-order valence-electron chi connectivity index (χ1n) is 14.0. The van der Waals surface area contributed by atoms with E-state index in [4.69, 9.17) is 14.5 Å². The summed E-state index contributed by atoms with van der Waals surface area (Å²) in [7, 11) is 0. The van der Waals surface area contributed by atoms with Crippen LogP contribution in [0, 0.1) is 0 Å². The second-order valence-electron chi connectivity index (χ2n) is 10.3. The van der Waals surface area contributed by atoms with E-state index < -0.39 is 17.7 Å². The second-order valence-corrected chi connectivity index (χ2v) is 11.3. The van der Waals surface area contributed by atoms with Crippen LogP contribution in [0.15, 0.2) is 72.3 Å². The Balaban J connectivity index is 1.63. The Labute approximate surface area is 244 Å². The number of unbranched alkanes of at least 4 members (excludes halogenated alkanes) is 1. The highest BCUT2D eigenvalue weighted by Gasteiger charge is 2.48. The quantitative estimate of drug-likeness (QED) is 0.0913. The van der Waals surface area contributed by atoms with Gasteiger partial charge in [0.1, 0.15) is 17.3 Å². The number of aliphatic hydroxyl groups excluding tert-OH is 1. The maximum atomic E-state index is 13.6. The van der Waals surface area contributed by atoms with Crippen molar-refractivity contribution in [1.29, 1.82) is 0 Å². The molecule has 1 unspecified atom stereocenters. The number of fused-ring (bicyclic) bond motifs is 1. The standard InChI is InChI=1S/C33H34N2O5S/c1-5-7-17-40-24-10-8-9-23(18-24)30(36)28-29(22-13-11-21(12-14-22)20(3)4)35(32(38)31(28)37)33-34-26-16-15-25(39-6-2)19-27(26)41-33/h8-16,18-20,29,36H,5-7,17H2,1-4H3.